The highest BCUT2D eigenvalue weighted by Gasteiger charge is 2.08. The molecule has 3 rings (SSSR count). The Labute approximate surface area is 139 Å². The Hall–Kier alpha value is -2.40. The molecule has 0 bridgehead atoms. The van der Waals surface area contributed by atoms with Crippen LogP contribution in [0.15, 0.2) is 53.4 Å². The van der Waals surface area contributed by atoms with Crippen molar-refractivity contribution < 1.29 is 4.79 Å². The summed E-state index contributed by atoms with van der Waals surface area (Å²) >= 11 is 1.66. The molecule has 1 amide bonds. The molecule has 0 fully saturated rings. The number of thiophene rings is 1. The van der Waals surface area contributed by atoms with Crippen LogP contribution in [0.1, 0.15) is 23.1 Å². The SMILES string of the molecule is Cc1cccc(Cn2nccc2NC(=O)CCc2ccsc2)c1. The first-order valence-electron chi connectivity index (χ1n) is 7.59. The van der Waals surface area contributed by atoms with E-state index < -0.39 is 0 Å². The predicted octanol–water partition coefficient (Wildman–Crippen LogP) is 3.87. The monoisotopic (exact) mass is 325 g/mol. The summed E-state index contributed by atoms with van der Waals surface area (Å²) in [4.78, 5) is 12.1. The second-order valence-corrected chi connectivity index (χ2v) is 6.32. The molecule has 0 saturated carbocycles. The van der Waals surface area contributed by atoms with E-state index in [-0.39, 0.29) is 5.91 Å². The molecule has 0 aliphatic heterocycles. The standard InChI is InChI=1S/C18H19N3OS/c1-14-3-2-4-16(11-14)12-21-17(7-9-19-21)20-18(22)6-5-15-8-10-23-13-15/h2-4,7-11,13H,5-6,12H2,1H3,(H,20,22). The number of nitrogens with zero attached hydrogens (tertiary/aromatic N) is 2. The fourth-order valence-electron chi connectivity index (χ4n) is 2.45. The number of aryl methyl sites for hydroxylation is 2. The molecular weight excluding hydrogens is 306 g/mol. The Morgan fingerprint density at radius 2 is 2.17 bits per heavy atom. The van der Waals surface area contributed by atoms with Crippen molar-refractivity contribution in [2.24, 2.45) is 0 Å². The lowest BCUT2D eigenvalue weighted by molar-refractivity contribution is -0.116. The van der Waals surface area contributed by atoms with Crippen LogP contribution in [0.3, 0.4) is 0 Å². The number of amides is 1. The van der Waals surface area contributed by atoms with Crippen molar-refractivity contribution in [1.82, 2.24) is 9.78 Å². The Morgan fingerprint density at radius 1 is 1.26 bits per heavy atom. The van der Waals surface area contributed by atoms with E-state index in [4.69, 9.17) is 0 Å². The maximum Gasteiger partial charge on any atom is 0.225 e. The lowest BCUT2D eigenvalue weighted by atomic mass is 10.1. The Morgan fingerprint density at radius 3 is 2.96 bits per heavy atom. The van der Waals surface area contributed by atoms with Gasteiger partial charge in [-0.25, -0.2) is 4.68 Å². The summed E-state index contributed by atoms with van der Waals surface area (Å²) in [7, 11) is 0. The molecule has 5 heteroatoms. The van der Waals surface area contributed by atoms with E-state index in [1.54, 1.807) is 17.5 Å². The van der Waals surface area contributed by atoms with Gasteiger partial charge >= 0.3 is 0 Å². The third-order valence-corrected chi connectivity index (χ3v) is 4.35. The third kappa shape index (κ3) is 4.29. The smallest absolute Gasteiger partial charge is 0.225 e. The van der Waals surface area contributed by atoms with Crippen molar-refractivity contribution in [3.63, 3.8) is 0 Å². The van der Waals surface area contributed by atoms with E-state index >= 15 is 0 Å². The summed E-state index contributed by atoms with van der Waals surface area (Å²) in [6.07, 6.45) is 2.96. The van der Waals surface area contributed by atoms with Gasteiger partial charge in [0, 0.05) is 12.5 Å². The van der Waals surface area contributed by atoms with E-state index in [2.05, 4.69) is 47.0 Å². The number of nitrogens with one attached hydrogen (secondary N) is 1. The van der Waals surface area contributed by atoms with Gasteiger partial charge < -0.3 is 5.32 Å². The van der Waals surface area contributed by atoms with Crippen LogP contribution < -0.4 is 5.32 Å². The molecule has 1 aromatic carbocycles. The average molecular weight is 325 g/mol. The Bertz CT molecular complexity index is 777. The van der Waals surface area contributed by atoms with Gasteiger partial charge in [0.15, 0.2) is 0 Å². The van der Waals surface area contributed by atoms with Crippen LogP contribution in [0.4, 0.5) is 5.82 Å². The Balaban J connectivity index is 1.60. The molecule has 4 nitrogen and oxygen atoms in total. The van der Waals surface area contributed by atoms with Crippen LogP contribution in [0, 0.1) is 6.92 Å². The van der Waals surface area contributed by atoms with Crippen molar-refractivity contribution in [1.29, 1.82) is 0 Å². The summed E-state index contributed by atoms with van der Waals surface area (Å²) in [6, 6.07) is 12.2. The molecule has 2 aromatic heterocycles. The maximum atomic E-state index is 12.1. The molecule has 118 valence electrons. The molecule has 0 radical (unpaired) electrons. The fourth-order valence-corrected chi connectivity index (χ4v) is 3.15. The van der Waals surface area contributed by atoms with Crippen molar-refractivity contribution in [3.8, 4) is 0 Å². The van der Waals surface area contributed by atoms with Crippen LogP contribution in [0.25, 0.3) is 0 Å². The summed E-state index contributed by atoms with van der Waals surface area (Å²) in [5.41, 5.74) is 3.59. The highest BCUT2D eigenvalue weighted by atomic mass is 32.1. The summed E-state index contributed by atoms with van der Waals surface area (Å²) in [5.74, 6) is 0.754. The minimum atomic E-state index is 0.0159. The highest BCUT2D eigenvalue weighted by Crippen LogP contribution is 2.13. The van der Waals surface area contributed by atoms with E-state index in [0.29, 0.717) is 13.0 Å². The van der Waals surface area contributed by atoms with Gasteiger partial charge in [-0.15, -0.1) is 0 Å². The van der Waals surface area contributed by atoms with Gasteiger partial charge in [-0.1, -0.05) is 29.8 Å². The molecular formula is C18H19N3OS. The number of carbonyl (C=O) groups is 1. The summed E-state index contributed by atoms with van der Waals surface area (Å²) < 4.78 is 1.82. The first-order valence-corrected chi connectivity index (χ1v) is 8.53. The second-order valence-electron chi connectivity index (χ2n) is 5.54. The van der Waals surface area contributed by atoms with Gasteiger partial charge in [-0.2, -0.15) is 16.4 Å². The first-order chi connectivity index (χ1) is 11.2. The average Bonchev–Trinajstić information content (AvgIpc) is 3.18. The number of benzene rings is 1. The molecule has 1 N–H and O–H groups in total. The van der Waals surface area contributed by atoms with Crippen LogP contribution in [0.5, 0.6) is 0 Å². The zero-order valence-corrected chi connectivity index (χ0v) is 13.8. The third-order valence-electron chi connectivity index (χ3n) is 3.62. The maximum absolute atomic E-state index is 12.1. The minimum Gasteiger partial charge on any atom is -0.311 e. The lowest BCUT2D eigenvalue weighted by Crippen LogP contribution is -2.16. The largest absolute Gasteiger partial charge is 0.311 e. The number of hydrogen-bond donors (Lipinski definition) is 1. The molecule has 2 heterocycles. The van der Waals surface area contributed by atoms with Gasteiger partial charge in [0.1, 0.15) is 5.82 Å². The van der Waals surface area contributed by atoms with Crippen LogP contribution in [-0.4, -0.2) is 15.7 Å². The molecule has 0 aliphatic rings. The van der Waals surface area contributed by atoms with E-state index in [9.17, 15) is 4.79 Å². The highest BCUT2D eigenvalue weighted by molar-refractivity contribution is 7.07. The minimum absolute atomic E-state index is 0.0159. The number of rotatable bonds is 6. The van der Waals surface area contributed by atoms with Crippen LogP contribution >= 0.6 is 11.3 Å². The molecule has 0 atom stereocenters. The number of carbonyl (C=O) groups excluding carboxylic acids is 1. The lowest BCUT2D eigenvalue weighted by Gasteiger charge is -2.09. The van der Waals surface area contributed by atoms with Gasteiger partial charge in [0.2, 0.25) is 5.91 Å². The summed E-state index contributed by atoms with van der Waals surface area (Å²) in [6.45, 7) is 2.72. The fraction of sp³-hybridized carbons (Fsp3) is 0.222. The topological polar surface area (TPSA) is 46.9 Å². The van der Waals surface area contributed by atoms with E-state index in [1.165, 1.54) is 16.7 Å². The molecule has 23 heavy (non-hydrogen) atoms. The normalized spacial score (nSPS) is 10.7. The van der Waals surface area contributed by atoms with Crippen molar-refractivity contribution in [2.45, 2.75) is 26.3 Å². The number of hydrogen-bond acceptors (Lipinski definition) is 3. The number of aromatic nitrogens is 2. The Kier molecular flexibility index (Phi) is 4.88. The van der Waals surface area contributed by atoms with Crippen molar-refractivity contribution in [3.05, 3.63) is 70.0 Å². The molecule has 0 aliphatic carbocycles. The molecule has 0 saturated heterocycles. The van der Waals surface area contributed by atoms with Gasteiger partial charge in [0.25, 0.3) is 0 Å². The zero-order chi connectivity index (χ0) is 16.1. The van der Waals surface area contributed by atoms with Gasteiger partial charge in [-0.05, 0) is 41.3 Å². The van der Waals surface area contributed by atoms with Crippen molar-refractivity contribution >= 4 is 23.1 Å². The second kappa shape index (κ2) is 7.24. The van der Waals surface area contributed by atoms with Crippen molar-refractivity contribution in [2.75, 3.05) is 5.32 Å². The first kappa shape index (κ1) is 15.5. The van der Waals surface area contributed by atoms with Crippen LogP contribution in [0.2, 0.25) is 0 Å². The number of anilines is 1. The van der Waals surface area contributed by atoms with E-state index in [0.717, 1.165) is 12.2 Å². The summed E-state index contributed by atoms with van der Waals surface area (Å²) in [5, 5.41) is 11.4. The molecule has 0 spiro atoms. The predicted molar refractivity (Wildman–Crippen MR) is 93.8 cm³/mol. The van der Waals surface area contributed by atoms with Gasteiger partial charge in [-0.3, -0.25) is 4.79 Å². The quantitative estimate of drug-likeness (QED) is 0.748. The van der Waals surface area contributed by atoms with E-state index in [1.807, 2.05) is 22.2 Å². The van der Waals surface area contributed by atoms with Crippen LogP contribution in [-0.2, 0) is 17.8 Å². The zero-order valence-electron chi connectivity index (χ0n) is 13.0. The molecule has 3 aromatic rings. The molecule has 0 unspecified atom stereocenters. The van der Waals surface area contributed by atoms with Gasteiger partial charge in [0.05, 0.1) is 12.7 Å².